The second kappa shape index (κ2) is 8.19. The van der Waals surface area contributed by atoms with Gasteiger partial charge in [0.2, 0.25) is 11.8 Å². The molecule has 1 aromatic carbocycles. The molecule has 2 rings (SSSR count). The van der Waals surface area contributed by atoms with Crippen LogP contribution in [0.25, 0.3) is 0 Å². The Morgan fingerprint density at radius 1 is 1.23 bits per heavy atom. The number of ether oxygens (including phenoxy) is 1. The molecular formula is C16H22N2O3S. The standard InChI is InChI=1S/C16H22N2O3S/c1-12-4-3-5-14(13(12)2)17-15(19)10-22-11-16(20)18-6-8-21-9-7-18/h3-5H,6-11H2,1-2H3,(H,17,19). The summed E-state index contributed by atoms with van der Waals surface area (Å²) in [5.41, 5.74) is 3.06. The fraction of sp³-hybridized carbons (Fsp3) is 0.500. The summed E-state index contributed by atoms with van der Waals surface area (Å²) < 4.78 is 5.21. The summed E-state index contributed by atoms with van der Waals surface area (Å²) >= 11 is 1.35. The lowest BCUT2D eigenvalue weighted by Crippen LogP contribution is -2.41. The van der Waals surface area contributed by atoms with E-state index >= 15 is 0 Å². The summed E-state index contributed by atoms with van der Waals surface area (Å²) in [6.45, 7) is 6.50. The second-order valence-electron chi connectivity index (χ2n) is 5.28. The van der Waals surface area contributed by atoms with E-state index < -0.39 is 0 Å². The predicted octanol–water partition coefficient (Wildman–Crippen LogP) is 1.83. The van der Waals surface area contributed by atoms with Crippen molar-refractivity contribution in [3.8, 4) is 0 Å². The number of amides is 2. The highest BCUT2D eigenvalue weighted by molar-refractivity contribution is 8.00. The van der Waals surface area contributed by atoms with Crippen LogP contribution in [-0.2, 0) is 14.3 Å². The highest BCUT2D eigenvalue weighted by Gasteiger charge is 2.17. The molecule has 22 heavy (non-hydrogen) atoms. The topological polar surface area (TPSA) is 58.6 Å². The van der Waals surface area contributed by atoms with Gasteiger partial charge in [-0.05, 0) is 31.0 Å². The number of aryl methyl sites for hydroxylation is 1. The van der Waals surface area contributed by atoms with Gasteiger partial charge in [-0.1, -0.05) is 12.1 Å². The Balaban J connectivity index is 1.73. The molecule has 1 aliphatic heterocycles. The molecule has 6 heteroatoms. The smallest absolute Gasteiger partial charge is 0.234 e. The zero-order valence-electron chi connectivity index (χ0n) is 13.1. The van der Waals surface area contributed by atoms with E-state index in [1.807, 2.05) is 32.0 Å². The van der Waals surface area contributed by atoms with Crippen molar-refractivity contribution in [3.05, 3.63) is 29.3 Å². The molecule has 120 valence electrons. The summed E-state index contributed by atoms with van der Waals surface area (Å²) in [7, 11) is 0. The molecule has 0 saturated carbocycles. The maximum atomic E-state index is 12.0. The van der Waals surface area contributed by atoms with E-state index in [-0.39, 0.29) is 17.6 Å². The number of benzene rings is 1. The van der Waals surface area contributed by atoms with Gasteiger partial charge in [0.05, 0.1) is 24.7 Å². The fourth-order valence-electron chi connectivity index (χ4n) is 2.21. The van der Waals surface area contributed by atoms with Gasteiger partial charge in [0, 0.05) is 18.8 Å². The van der Waals surface area contributed by atoms with Gasteiger partial charge in [-0.15, -0.1) is 11.8 Å². The van der Waals surface area contributed by atoms with Crippen LogP contribution < -0.4 is 5.32 Å². The van der Waals surface area contributed by atoms with E-state index in [1.54, 1.807) is 4.90 Å². The number of hydrogen-bond acceptors (Lipinski definition) is 4. The van der Waals surface area contributed by atoms with E-state index in [4.69, 9.17) is 4.74 Å². The van der Waals surface area contributed by atoms with Crippen LogP contribution in [-0.4, -0.2) is 54.5 Å². The molecule has 1 saturated heterocycles. The Kier molecular flexibility index (Phi) is 6.27. The quantitative estimate of drug-likeness (QED) is 0.898. The number of nitrogens with one attached hydrogen (secondary N) is 1. The van der Waals surface area contributed by atoms with Crippen LogP contribution in [0.1, 0.15) is 11.1 Å². The number of carbonyl (C=O) groups excluding carboxylic acids is 2. The fourth-order valence-corrected chi connectivity index (χ4v) is 2.92. The Morgan fingerprint density at radius 3 is 2.68 bits per heavy atom. The molecule has 5 nitrogen and oxygen atoms in total. The lowest BCUT2D eigenvalue weighted by Gasteiger charge is -2.26. The van der Waals surface area contributed by atoms with Gasteiger partial charge in [-0.25, -0.2) is 0 Å². The zero-order chi connectivity index (χ0) is 15.9. The van der Waals surface area contributed by atoms with E-state index in [2.05, 4.69) is 5.32 Å². The third kappa shape index (κ3) is 4.74. The Labute approximate surface area is 135 Å². The van der Waals surface area contributed by atoms with Gasteiger partial charge in [0.1, 0.15) is 0 Å². The Bertz CT molecular complexity index is 542. The van der Waals surface area contributed by atoms with Crippen molar-refractivity contribution in [1.29, 1.82) is 0 Å². The first kappa shape index (κ1) is 16.8. The third-order valence-electron chi connectivity index (χ3n) is 3.70. The molecule has 0 atom stereocenters. The molecule has 0 spiro atoms. The van der Waals surface area contributed by atoms with Crippen molar-refractivity contribution in [2.75, 3.05) is 43.1 Å². The zero-order valence-corrected chi connectivity index (χ0v) is 13.9. The molecule has 1 N–H and O–H groups in total. The predicted molar refractivity (Wildman–Crippen MR) is 89.3 cm³/mol. The van der Waals surface area contributed by atoms with Gasteiger partial charge in [0.15, 0.2) is 0 Å². The monoisotopic (exact) mass is 322 g/mol. The molecule has 1 aliphatic rings. The minimum absolute atomic E-state index is 0.0755. The molecule has 0 bridgehead atoms. The number of rotatable bonds is 5. The maximum Gasteiger partial charge on any atom is 0.234 e. The first-order chi connectivity index (χ1) is 10.6. The van der Waals surface area contributed by atoms with Gasteiger partial charge >= 0.3 is 0 Å². The second-order valence-corrected chi connectivity index (χ2v) is 6.27. The molecule has 1 aromatic rings. The molecule has 0 aromatic heterocycles. The summed E-state index contributed by atoms with van der Waals surface area (Å²) in [6.07, 6.45) is 0. The van der Waals surface area contributed by atoms with Crippen molar-refractivity contribution in [2.24, 2.45) is 0 Å². The molecule has 2 amide bonds. The van der Waals surface area contributed by atoms with Crippen molar-refractivity contribution >= 4 is 29.3 Å². The number of morpholine rings is 1. The lowest BCUT2D eigenvalue weighted by molar-refractivity contribution is -0.132. The van der Waals surface area contributed by atoms with Crippen LogP contribution in [0.4, 0.5) is 5.69 Å². The maximum absolute atomic E-state index is 12.0. The normalized spacial score (nSPS) is 14.7. The van der Waals surface area contributed by atoms with Gasteiger partial charge in [0.25, 0.3) is 0 Å². The molecule has 1 fully saturated rings. The van der Waals surface area contributed by atoms with Crippen LogP contribution in [0.5, 0.6) is 0 Å². The van der Waals surface area contributed by atoms with Crippen LogP contribution in [0.2, 0.25) is 0 Å². The minimum Gasteiger partial charge on any atom is -0.378 e. The van der Waals surface area contributed by atoms with Crippen molar-refractivity contribution in [3.63, 3.8) is 0 Å². The van der Waals surface area contributed by atoms with E-state index in [1.165, 1.54) is 11.8 Å². The summed E-state index contributed by atoms with van der Waals surface area (Å²) in [4.78, 5) is 25.7. The first-order valence-corrected chi connectivity index (χ1v) is 8.52. The average Bonchev–Trinajstić information content (AvgIpc) is 2.52. The Morgan fingerprint density at radius 2 is 1.95 bits per heavy atom. The molecule has 0 aliphatic carbocycles. The summed E-state index contributed by atoms with van der Waals surface area (Å²) in [5, 5.41) is 2.90. The molecule has 1 heterocycles. The summed E-state index contributed by atoms with van der Waals surface area (Å²) in [6, 6.07) is 5.83. The number of carbonyl (C=O) groups is 2. The van der Waals surface area contributed by atoms with E-state index in [0.29, 0.717) is 32.1 Å². The number of thioether (sulfide) groups is 1. The van der Waals surface area contributed by atoms with Crippen molar-refractivity contribution < 1.29 is 14.3 Å². The highest BCUT2D eigenvalue weighted by Crippen LogP contribution is 2.18. The SMILES string of the molecule is Cc1cccc(NC(=O)CSCC(=O)N2CCOCC2)c1C. The van der Waals surface area contributed by atoms with Gasteiger partial charge < -0.3 is 15.0 Å². The van der Waals surface area contributed by atoms with Crippen molar-refractivity contribution in [2.45, 2.75) is 13.8 Å². The van der Waals surface area contributed by atoms with Crippen LogP contribution >= 0.6 is 11.8 Å². The highest BCUT2D eigenvalue weighted by atomic mass is 32.2. The average molecular weight is 322 g/mol. The minimum atomic E-state index is -0.0755. The van der Waals surface area contributed by atoms with E-state index in [0.717, 1.165) is 16.8 Å². The van der Waals surface area contributed by atoms with Crippen LogP contribution in [0.3, 0.4) is 0 Å². The first-order valence-electron chi connectivity index (χ1n) is 7.37. The largest absolute Gasteiger partial charge is 0.378 e. The molecule has 0 radical (unpaired) electrons. The lowest BCUT2D eigenvalue weighted by atomic mass is 10.1. The molecule has 0 unspecified atom stereocenters. The third-order valence-corrected chi connectivity index (χ3v) is 4.62. The van der Waals surface area contributed by atoms with Crippen LogP contribution in [0, 0.1) is 13.8 Å². The van der Waals surface area contributed by atoms with Gasteiger partial charge in [-0.3, -0.25) is 9.59 Å². The Hall–Kier alpha value is -1.53. The molecular weight excluding hydrogens is 300 g/mol. The van der Waals surface area contributed by atoms with Crippen LogP contribution in [0.15, 0.2) is 18.2 Å². The number of anilines is 1. The number of nitrogens with zero attached hydrogens (tertiary/aromatic N) is 1. The summed E-state index contributed by atoms with van der Waals surface area (Å²) in [5.74, 6) is 0.616. The van der Waals surface area contributed by atoms with Crippen molar-refractivity contribution in [1.82, 2.24) is 4.90 Å². The van der Waals surface area contributed by atoms with Gasteiger partial charge in [-0.2, -0.15) is 0 Å². The number of hydrogen-bond donors (Lipinski definition) is 1. The van der Waals surface area contributed by atoms with E-state index in [9.17, 15) is 9.59 Å².